The van der Waals surface area contributed by atoms with E-state index in [2.05, 4.69) is 5.32 Å². The molecule has 1 aromatic carbocycles. The molecule has 1 aliphatic carbocycles. The third-order valence-corrected chi connectivity index (χ3v) is 4.28. The van der Waals surface area contributed by atoms with Gasteiger partial charge in [-0.1, -0.05) is 11.6 Å². The van der Waals surface area contributed by atoms with Crippen LogP contribution in [0.1, 0.15) is 24.8 Å². The minimum absolute atomic E-state index is 0.00899. The molecule has 3 rings (SSSR count). The SMILES string of the molecule is O=C(O)C1(NCC2Cc3cc(Cl)ccc3O2)CCC1. The van der Waals surface area contributed by atoms with Crippen LogP contribution in [-0.2, 0) is 11.2 Å². The van der Waals surface area contributed by atoms with Crippen molar-refractivity contribution in [2.75, 3.05) is 6.54 Å². The predicted octanol–water partition coefficient (Wildman–Crippen LogP) is 2.24. The van der Waals surface area contributed by atoms with Gasteiger partial charge in [0.15, 0.2) is 0 Å². The van der Waals surface area contributed by atoms with Crippen molar-refractivity contribution in [3.8, 4) is 5.75 Å². The number of rotatable bonds is 4. The molecule has 1 aromatic rings. The van der Waals surface area contributed by atoms with Crippen LogP contribution in [0.15, 0.2) is 18.2 Å². The van der Waals surface area contributed by atoms with E-state index in [0.29, 0.717) is 24.4 Å². The second-order valence-corrected chi connectivity index (χ2v) is 5.75. The van der Waals surface area contributed by atoms with Crippen LogP contribution < -0.4 is 10.1 Å². The number of nitrogens with one attached hydrogen (secondary N) is 1. The van der Waals surface area contributed by atoms with Gasteiger partial charge in [-0.3, -0.25) is 10.1 Å². The molecule has 4 nitrogen and oxygen atoms in total. The Labute approximate surface area is 116 Å². The number of hydrogen-bond donors (Lipinski definition) is 2. The lowest BCUT2D eigenvalue weighted by Crippen LogP contribution is -2.59. The number of carbonyl (C=O) groups is 1. The van der Waals surface area contributed by atoms with Crippen LogP contribution in [0.5, 0.6) is 5.75 Å². The fraction of sp³-hybridized carbons (Fsp3) is 0.500. The van der Waals surface area contributed by atoms with Crippen molar-refractivity contribution >= 4 is 17.6 Å². The van der Waals surface area contributed by atoms with Crippen LogP contribution in [-0.4, -0.2) is 29.3 Å². The van der Waals surface area contributed by atoms with E-state index in [1.54, 1.807) is 6.07 Å². The Kier molecular flexibility index (Phi) is 3.15. The smallest absolute Gasteiger partial charge is 0.323 e. The number of ether oxygens (including phenoxy) is 1. The summed E-state index contributed by atoms with van der Waals surface area (Å²) in [7, 11) is 0. The van der Waals surface area contributed by atoms with Gasteiger partial charge in [0.25, 0.3) is 0 Å². The van der Waals surface area contributed by atoms with E-state index in [9.17, 15) is 9.90 Å². The third kappa shape index (κ3) is 2.30. The first-order chi connectivity index (χ1) is 9.09. The number of hydrogen-bond acceptors (Lipinski definition) is 3. The van der Waals surface area contributed by atoms with Crippen LogP contribution >= 0.6 is 11.6 Å². The summed E-state index contributed by atoms with van der Waals surface area (Å²) in [5, 5.41) is 13.1. The average Bonchev–Trinajstić information content (AvgIpc) is 2.68. The van der Waals surface area contributed by atoms with E-state index >= 15 is 0 Å². The first-order valence-corrected chi connectivity index (χ1v) is 6.90. The van der Waals surface area contributed by atoms with Crippen LogP contribution in [0.2, 0.25) is 5.02 Å². The molecule has 102 valence electrons. The summed E-state index contributed by atoms with van der Waals surface area (Å²) in [4.78, 5) is 11.3. The Hall–Kier alpha value is -1.26. The van der Waals surface area contributed by atoms with Crippen molar-refractivity contribution in [3.63, 3.8) is 0 Å². The highest BCUT2D eigenvalue weighted by Crippen LogP contribution is 2.34. The zero-order chi connectivity index (χ0) is 13.5. The zero-order valence-corrected chi connectivity index (χ0v) is 11.2. The van der Waals surface area contributed by atoms with Gasteiger partial charge < -0.3 is 9.84 Å². The Balaban J connectivity index is 1.60. The topological polar surface area (TPSA) is 58.6 Å². The fourth-order valence-electron chi connectivity index (χ4n) is 2.71. The number of aliphatic carboxylic acids is 1. The molecule has 1 aliphatic heterocycles. The van der Waals surface area contributed by atoms with Crippen LogP contribution in [0, 0.1) is 0 Å². The van der Waals surface area contributed by atoms with Gasteiger partial charge >= 0.3 is 5.97 Å². The molecule has 0 spiro atoms. The molecule has 1 unspecified atom stereocenters. The molecule has 19 heavy (non-hydrogen) atoms. The summed E-state index contributed by atoms with van der Waals surface area (Å²) < 4.78 is 5.79. The summed E-state index contributed by atoms with van der Waals surface area (Å²) >= 11 is 5.94. The lowest BCUT2D eigenvalue weighted by molar-refractivity contribution is -0.149. The van der Waals surface area contributed by atoms with E-state index in [1.165, 1.54) is 0 Å². The molecule has 0 saturated heterocycles. The maximum absolute atomic E-state index is 11.3. The highest BCUT2D eigenvalue weighted by molar-refractivity contribution is 6.30. The number of halogens is 1. The summed E-state index contributed by atoms with van der Waals surface area (Å²) in [5.41, 5.74) is 0.368. The number of carboxylic acid groups (broad SMARTS) is 1. The summed E-state index contributed by atoms with van der Waals surface area (Å²) in [6.07, 6.45) is 3.14. The van der Waals surface area contributed by atoms with Gasteiger partial charge in [-0.15, -0.1) is 0 Å². The minimum atomic E-state index is -0.752. The van der Waals surface area contributed by atoms with Crippen molar-refractivity contribution < 1.29 is 14.6 Å². The second kappa shape index (κ2) is 4.69. The van der Waals surface area contributed by atoms with Gasteiger partial charge in [0.1, 0.15) is 17.4 Å². The van der Waals surface area contributed by atoms with Crippen LogP contribution in [0.4, 0.5) is 0 Å². The van der Waals surface area contributed by atoms with E-state index in [-0.39, 0.29) is 6.10 Å². The normalized spacial score (nSPS) is 23.3. The van der Waals surface area contributed by atoms with Gasteiger partial charge in [0.05, 0.1) is 0 Å². The molecule has 1 heterocycles. The fourth-order valence-corrected chi connectivity index (χ4v) is 2.90. The van der Waals surface area contributed by atoms with E-state index in [0.717, 1.165) is 24.2 Å². The highest BCUT2D eigenvalue weighted by Gasteiger charge is 2.44. The molecule has 2 N–H and O–H groups in total. The second-order valence-electron chi connectivity index (χ2n) is 5.32. The van der Waals surface area contributed by atoms with Gasteiger partial charge in [0.2, 0.25) is 0 Å². The van der Waals surface area contributed by atoms with Crippen molar-refractivity contribution in [1.82, 2.24) is 5.32 Å². The van der Waals surface area contributed by atoms with Crippen molar-refractivity contribution in [1.29, 1.82) is 0 Å². The van der Waals surface area contributed by atoms with Crippen molar-refractivity contribution in [2.45, 2.75) is 37.3 Å². The monoisotopic (exact) mass is 281 g/mol. The Bertz CT molecular complexity index is 513. The molecule has 0 bridgehead atoms. The van der Waals surface area contributed by atoms with Gasteiger partial charge in [-0.25, -0.2) is 0 Å². The van der Waals surface area contributed by atoms with Gasteiger partial charge in [0, 0.05) is 18.0 Å². The lowest BCUT2D eigenvalue weighted by Gasteiger charge is -2.39. The number of fused-ring (bicyclic) bond motifs is 1. The average molecular weight is 282 g/mol. The van der Waals surface area contributed by atoms with Crippen molar-refractivity contribution in [2.24, 2.45) is 0 Å². The number of benzene rings is 1. The lowest BCUT2D eigenvalue weighted by atomic mass is 9.76. The molecule has 0 aromatic heterocycles. The summed E-state index contributed by atoms with van der Waals surface area (Å²) in [5.74, 6) is 0.103. The van der Waals surface area contributed by atoms with Gasteiger partial charge in [-0.2, -0.15) is 0 Å². The summed E-state index contributed by atoms with van der Waals surface area (Å²) in [6, 6.07) is 5.59. The first-order valence-electron chi connectivity index (χ1n) is 6.53. The molecule has 1 atom stereocenters. The zero-order valence-electron chi connectivity index (χ0n) is 10.5. The van der Waals surface area contributed by atoms with Crippen LogP contribution in [0.25, 0.3) is 0 Å². The van der Waals surface area contributed by atoms with Gasteiger partial charge in [-0.05, 0) is 43.0 Å². The standard InChI is InChI=1S/C14H16ClNO3/c15-10-2-3-12-9(6-10)7-11(19-12)8-16-14(13(17)18)4-1-5-14/h2-3,6,11,16H,1,4-5,7-8H2,(H,17,18). The number of carboxylic acids is 1. The molecule has 1 fully saturated rings. The molecule has 1 saturated carbocycles. The first kappa shape index (κ1) is 12.8. The molecular weight excluding hydrogens is 266 g/mol. The minimum Gasteiger partial charge on any atom is -0.488 e. The Morgan fingerprint density at radius 1 is 1.53 bits per heavy atom. The van der Waals surface area contributed by atoms with E-state index in [4.69, 9.17) is 16.3 Å². The Morgan fingerprint density at radius 3 is 2.95 bits per heavy atom. The molecule has 0 radical (unpaired) electrons. The van der Waals surface area contributed by atoms with Crippen LogP contribution in [0.3, 0.4) is 0 Å². The maximum atomic E-state index is 11.3. The van der Waals surface area contributed by atoms with E-state index in [1.807, 2.05) is 12.1 Å². The summed E-state index contributed by atoms with van der Waals surface area (Å²) in [6.45, 7) is 0.554. The largest absolute Gasteiger partial charge is 0.488 e. The molecule has 5 heteroatoms. The van der Waals surface area contributed by atoms with E-state index < -0.39 is 11.5 Å². The van der Waals surface area contributed by atoms with Crippen molar-refractivity contribution in [3.05, 3.63) is 28.8 Å². The predicted molar refractivity (Wildman–Crippen MR) is 71.8 cm³/mol. The highest BCUT2D eigenvalue weighted by atomic mass is 35.5. The quantitative estimate of drug-likeness (QED) is 0.889. The molecule has 2 aliphatic rings. The molecule has 0 amide bonds. The maximum Gasteiger partial charge on any atom is 0.323 e. The molecular formula is C14H16ClNO3. The Morgan fingerprint density at radius 2 is 2.32 bits per heavy atom. The third-order valence-electron chi connectivity index (χ3n) is 4.05.